The van der Waals surface area contributed by atoms with Gasteiger partial charge in [-0.05, 0) is 29.8 Å². The van der Waals surface area contributed by atoms with Crippen molar-refractivity contribution in [3.8, 4) is 0 Å². The van der Waals surface area contributed by atoms with Crippen LogP contribution in [0.25, 0.3) is 12.2 Å². The largest absolute Gasteiger partial charge is 0.257 e. The molecule has 67 valence electrons. The van der Waals surface area contributed by atoms with E-state index in [1.165, 1.54) is 0 Å². The standard InChI is InChI=1S/C13H10N/c1-2-6-12(7-3-1)9-10-13-8-4-5-11-14-13/h2-11H. The number of pyridine rings is 1. The zero-order valence-corrected chi connectivity index (χ0v) is 7.72. The third-order valence-electron chi connectivity index (χ3n) is 1.88. The Balaban J connectivity index is 2.16. The van der Waals surface area contributed by atoms with E-state index in [-0.39, 0.29) is 0 Å². The Morgan fingerprint density at radius 2 is 1.86 bits per heavy atom. The topological polar surface area (TPSA) is 12.9 Å². The summed E-state index contributed by atoms with van der Waals surface area (Å²) in [6.07, 6.45) is 5.82. The Hall–Kier alpha value is -1.89. The van der Waals surface area contributed by atoms with Gasteiger partial charge in [-0.25, -0.2) is 0 Å². The van der Waals surface area contributed by atoms with Crippen molar-refractivity contribution < 1.29 is 0 Å². The van der Waals surface area contributed by atoms with Crippen LogP contribution in [0.15, 0.2) is 48.7 Å². The van der Waals surface area contributed by atoms with Crippen LogP contribution in [0.5, 0.6) is 0 Å². The van der Waals surface area contributed by atoms with E-state index >= 15 is 0 Å². The number of benzene rings is 1. The maximum atomic E-state index is 4.20. The maximum absolute atomic E-state index is 4.20. The van der Waals surface area contributed by atoms with Gasteiger partial charge in [0.05, 0.1) is 5.69 Å². The Morgan fingerprint density at radius 1 is 1.00 bits per heavy atom. The Labute approximate surface area is 83.7 Å². The zero-order valence-electron chi connectivity index (χ0n) is 7.72. The maximum Gasteiger partial charge on any atom is 0.0629 e. The molecule has 1 aromatic heterocycles. The van der Waals surface area contributed by atoms with Crippen LogP contribution >= 0.6 is 0 Å². The molecule has 1 radical (unpaired) electrons. The van der Waals surface area contributed by atoms with E-state index in [4.69, 9.17) is 0 Å². The molecule has 1 nitrogen and oxygen atoms in total. The van der Waals surface area contributed by atoms with Crippen molar-refractivity contribution in [2.24, 2.45) is 0 Å². The number of hydrogen-bond acceptors (Lipinski definition) is 1. The van der Waals surface area contributed by atoms with Gasteiger partial charge in [-0.1, -0.05) is 36.4 Å². The Bertz CT molecular complexity index is 362. The van der Waals surface area contributed by atoms with Crippen molar-refractivity contribution in [1.82, 2.24) is 4.98 Å². The van der Waals surface area contributed by atoms with Gasteiger partial charge < -0.3 is 0 Å². The van der Waals surface area contributed by atoms with Gasteiger partial charge in [0, 0.05) is 6.20 Å². The molecule has 1 aromatic carbocycles. The van der Waals surface area contributed by atoms with Crippen molar-refractivity contribution in [3.63, 3.8) is 0 Å². The predicted molar refractivity (Wildman–Crippen MR) is 58.4 cm³/mol. The van der Waals surface area contributed by atoms with Crippen molar-refractivity contribution in [2.75, 3.05) is 0 Å². The average molecular weight is 180 g/mol. The monoisotopic (exact) mass is 180 g/mol. The summed E-state index contributed by atoms with van der Waals surface area (Å²) in [6, 6.07) is 16.7. The fourth-order valence-corrected chi connectivity index (χ4v) is 1.17. The first kappa shape index (κ1) is 8.70. The van der Waals surface area contributed by atoms with E-state index < -0.39 is 0 Å². The van der Waals surface area contributed by atoms with Crippen molar-refractivity contribution in [3.05, 3.63) is 66.0 Å². The summed E-state index contributed by atoms with van der Waals surface area (Å²) >= 11 is 0. The number of nitrogens with zero attached hydrogens (tertiary/aromatic N) is 1. The van der Waals surface area contributed by atoms with Gasteiger partial charge >= 0.3 is 0 Å². The first-order valence-electron chi connectivity index (χ1n) is 4.50. The summed E-state index contributed by atoms with van der Waals surface area (Å²) in [6.45, 7) is 0. The van der Waals surface area contributed by atoms with Crippen LogP contribution in [-0.2, 0) is 0 Å². The summed E-state index contributed by atoms with van der Waals surface area (Å²) < 4.78 is 0. The molecule has 1 heteroatoms. The first-order valence-corrected chi connectivity index (χ1v) is 4.50. The second-order valence-electron chi connectivity index (χ2n) is 2.92. The highest BCUT2D eigenvalue weighted by atomic mass is 14.6. The van der Waals surface area contributed by atoms with Gasteiger partial charge in [-0.15, -0.1) is 0 Å². The molecule has 0 aliphatic carbocycles. The first-order chi connectivity index (χ1) is 6.95. The van der Waals surface area contributed by atoms with E-state index in [1.807, 2.05) is 54.6 Å². The molecular formula is C13H10N. The van der Waals surface area contributed by atoms with Gasteiger partial charge in [-0.3, -0.25) is 4.98 Å². The van der Waals surface area contributed by atoms with Crippen LogP contribution in [0.3, 0.4) is 0 Å². The van der Waals surface area contributed by atoms with E-state index in [9.17, 15) is 0 Å². The molecule has 0 aliphatic rings. The Morgan fingerprint density at radius 3 is 2.57 bits per heavy atom. The molecule has 0 fully saturated rings. The molecular weight excluding hydrogens is 170 g/mol. The third kappa shape index (κ3) is 2.30. The Kier molecular flexibility index (Phi) is 2.72. The van der Waals surface area contributed by atoms with Crippen LogP contribution in [0.1, 0.15) is 11.3 Å². The highest BCUT2D eigenvalue weighted by Gasteiger charge is 1.85. The lowest BCUT2D eigenvalue weighted by Crippen LogP contribution is -1.76. The molecule has 2 aromatic rings. The van der Waals surface area contributed by atoms with Crippen LogP contribution in [0, 0.1) is 6.07 Å². The molecule has 0 atom stereocenters. The molecule has 14 heavy (non-hydrogen) atoms. The lowest BCUT2D eigenvalue weighted by Gasteiger charge is -1.91. The summed E-state index contributed by atoms with van der Waals surface area (Å²) in [5.74, 6) is 0. The van der Waals surface area contributed by atoms with E-state index in [0.29, 0.717) is 0 Å². The zero-order chi connectivity index (χ0) is 9.64. The predicted octanol–water partition coefficient (Wildman–Crippen LogP) is 3.05. The second kappa shape index (κ2) is 4.38. The van der Waals surface area contributed by atoms with Gasteiger partial charge in [0.2, 0.25) is 0 Å². The van der Waals surface area contributed by atoms with Gasteiger partial charge in [-0.2, -0.15) is 0 Å². The molecule has 0 N–H and O–H groups in total. The van der Waals surface area contributed by atoms with Gasteiger partial charge in [0.15, 0.2) is 0 Å². The smallest absolute Gasteiger partial charge is 0.0629 e. The molecule has 2 rings (SSSR count). The van der Waals surface area contributed by atoms with Crippen LogP contribution in [-0.4, -0.2) is 4.98 Å². The normalized spacial score (nSPS) is 10.6. The number of aromatic nitrogens is 1. The average Bonchev–Trinajstić information content (AvgIpc) is 2.29. The van der Waals surface area contributed by atoms with E-state index in [2.05, 4.69) is 11.1 Å². The van der Waals surface area contributed by atoms with Crippen LogP contribution in [0.2, 0.25) is 0 Å². The fourth-order valence-electron chi connectivity index (χ4n) is 1.17. The molecule has 0 amide bonds. The van der Waals surface area contributed by atoms with Crippen LogP contribution < -0.4 is 0 Å². The van der Waals surface area contributed by atoms with Crippen LogP contribution in [0.4, 0.5) is 0 Å². The van der Waals surface area contributed by atoms with Crippen molar-refractivity contribution in [1.29, 1.82) is 0 Å². The SMILES string of the molecule is [c]1ccc(C=Cc2ccccn2)cc1. The molecule has 0 saturated carbocycles. The molecule has 0 aliphatic heterocycles. The molecule has 0 saturated heterocycles. The molecule has 0 spiro atoms. The lowest BCUT2D eigenvalue weighted by atomic mass is 10.2. The molecule has 1 heterocycles. The van der Waals surface area contributed by atoms with Gasteiger partial charge in [0.25, 0.3) is 0 Å². The third-order valence-corrected chi connectivity index (χ3v) is 1.88. The minimum atomic E-state index is 0.973. The highest BCUT2D eigenvalue weighted by molar-refractivity contribution is 5.67. The molecule has 0 unspecified atom stereocenters. The van der Waals surface area contributed by atoms with E-state index in [0.717, 1.165) is 11.3 Å². The summed E-state index contributed by atoms with van der Waals surface area (Å²) in [5.41, 5.74) is 2.13. The molecule has 0 bridgehead atoms. The van der Waals surface area contributed by atoms with Crippen molar-refractivity contribution >= 4 is 12.2 Å². The van der Waals surface area contributed by atoms with Gasteiger partial charge in [0.1, 0.15) is 0 Å². The second-order valence-corrected chi connectivity index (χ2v) is 2.92. The minimum Gasteiger partial charge on any atom is -0.257 e. The summed E-state index contributed by atoms with van der Waals surface area (Å²) in [5, 5.41) is 0. The van der Waals surface area contributed by atoms with Crippen molar-refractivity contribution in [2.45, 2.75) is 0 Å². The summed E-state index contributed by atoms with van der Waals surface area (Å²) in [4.78, 5) is 4.20. The fraction of sp³-hybridized carbons (Fsp3) is 0. The van der Waals surface area contributed by atoms with E-state index in [1.54, 1.807) is 6.20 Å². The lowest BCUT2D eigenvalue weighted by molar-refractivity contribution is 1.30. The minimum absolute atomic E-state index is 0.973. The number of hydrogen-bond donors (Lipinski definition) is 0. The summed E-state index contributed by atoms with van der Waals surface area (Å²) in [7, 11) is 0. The highest BCUT2D eigenvalue weighted by Crippen LogP contribution is 2.04. The number of rotatable bonds is 2. The quantitative estimate of drug-likeness (QED) is 0.692.